The minimum atomic E-state index is 0.193. The van der Waals surface area contributed by atoms with E-state index in [0.29, 0.717) is 11.5 Å². The van der Waals surface area contributed by atoms with Gasteiger partial charge in [0.25, 0.3) is 0 Å². The highest BCUT2D eigenvalue weighted by Gasteiger charge is 2.28. The van der Waals surface area contributed by atoms with Gasteiger partial charge in [-0.2, -0.15) is 0 Å². The summed E-state index contributed by atoms with van der Waals surface area (Å²) in [6.45, 7) is 10.8. The van der Waals surface area contributed by atoms with E-state index in [-0.39, 0.29) is 6.10 Å². The van der Waals surface area contributed by atoms with Crippen molar-refractivity contribution in [3.05, 3.63) is 35.4 Å². The average Bonchev–Trinajstić information content (AvgIpc) is 2.54. The normalized spacial score (nSPS) is 25.8. The van der Waals surface area contributed by atoms with Crippen molar-refractivity contribution >= 4 is 0 Å². The second-order valence-electron chi connectivity index (χ2n) is 6.33. The van der Waals surface area contributed by atoms with Crippen LogP contribution < -0.4 is 5.32 Å². The Hall–Kier alpha value is -0.860. The maximum absolute atomic E-state index is 6.03. The highest BCUT2D eigenvalue weighted by molar-refractivity contribution is 5.28. The summed E-state index contributed by atoms with van der Waals surface area (Å²) in [5.41, 5.74) is 2.93. The van der Waals surface area contributed by atoms with E-state index >= 15 is 0 Å². The molecule has 1 N–H and O–H groups in total. The molecular weight excluding hydrogens is 222 g/mol. The van der Waals surface area contributed by atoms with Crippen LogP contribution in [0, 0.1) is 12.3 Å². The summed E-state index contributed by atoms with van der Waals surface area (Å²) in [7, 11) is 0. The largest absolute Gasteiger partial charge is 0.372 e. The number of ether oxygens (including phenoxy) is 1. The molecule has 1 fully saturated rings. The van der Waals surface area contributed by atoms with E-state index in [2.05, 4.69) is 57.3 Å². The van der Waals surface area contributed by atoms with Gasteiger partial charge in [-0.15, -0.1) is 0 Å². The Balaban J connectivity index is 2.08. The lowest BCUT2D eigenvalue weighted by Crippen LogP contribution is -2.40. The van der Waals surface area contributed by atoms with Crippen LogP contribution in [0.5, 0.6) is 0 Å². The summed E-state index contributed by atoms with van der Waals surface area (Å²) in [4.78, 5) is 0. The summed E-state index contributed by atoms with van der Waals surface area (Å²) in [5, 5.41) is 3.67. The molecule has 1 aromatic carbocycles. The van der Waals surface area contributed by atoms with Gasteiger partial charge < -0.3 is 10.1 Å². The molecule has 1 saturated heterocycles. The first kappa shape index (κ1) is 13.6. The van der Waals surface area contributed by atoms with Crippen molar-refractivity contribution in [3.8, 4) is 0 Å². The number of benzene rings is 1. The van der Waals surface area contributed by atoms with Crippen molar-refractivity contribution in [3.63, 3.8) is 0 Å². The Morgan fingerprint density at radius 3 is 2.61 bits per heavy atom. The van der Waals surface area contributed by atoms with E-state index in [1.807, 2.05) is 0 Å². The van der Waals surface area contributed by atoms with Gasteiger partial charge in [-0.3, -0.25) is 0 Å². The lowest BCUT2D eigenvalue weighted by Gasteiger charge is -2.30. The van der Waals surface area contributed by atoms with Gasteiger partial charge >= 0.3 is 0 Å². The summed E-state index contributed by atoms with van der Waals surface area (Å²) < 4.78 is 6.03. The Morgan fingerprint density at radius 2 is 1.94 bits per heavy atom. The summed E-state index contributed by atoms with van der Waals surface area (Å²) in [5.74, 6) is 0. The van der Waals surface area contributed by atoms with Crippen molar-refractivity contribution in [1.82, 2.24) is 5.32 Å². The van der Waals surface area contributed by atoms with E-state index < -0.39 is 0 Å². The zero-order valence-electron chi connectivity index (χ0n) is 12.0. The zero-order valence-corrected chi connectivity index (χ0v) is 12.0. The van der Waals surface area contributed by atoms with Crippen LogP contribution in [-0.2, 0) is 4.74 Å². The van der Waals surface area contributed by atoms with E-state index in [1.54, 1.807) is 0 Å². The standard InChI is InChI=1S/C16H25NO/c1-12-7-5-6-8-13(12)14-11-17-15(9-10-18-14)16(2,3)4/h5-8,14-15,17H,9-11H2,1-4H3. The van der Waals surface area contributed by atoms with Gasteiger partial charge in [0, 0.05) is 19.2 Å². The van der Waals surface area contributed by atoms with Crippen molar-refractivity contribution in [1.29, 1.82) is 0 Å². The van der Waals surface area contributed by atoms with Gasteiger partial charge in [0.15, 0.2) is 0 Å². The Kier molecular flexibility index (Phi) is 4.08. The Morgan fingerprint density at radius 1 is 1.22 bits per heavy atom. The molecule has 2 atom stereocenters. The monoisotopic (exact) mass is 247 g/mol. The number of rotatable bonds is 1. The van der Waals surface area contributed by atoms with Crippen molar-refractivity contribution < 1.29 is 4.74 Å². The first-order valence-electron chi connectivity index (χ1n) is 6.89. The predicted octanol–water partition coefficient (Wildman–Crippen LogP) is 3.46. The molecule has 0 bridgehead atoms. The zero-order chi connectivity index (χ0) is 13.2. The van der Waals surface area contributed by atoms with Crippen molar-refractivity contribution in [2.45, 2.75) is 46.3 Å². The topological polar surface area (TPSA) is 21.3 Å². The third-order valence-corrected chi connectivity index (χ3v) is 3.86. The fourth-order valence-corrected chi connectivity index (χ4v) is 2.63. The predicted molar refractivity (Wildman–Crippen MR) is 75.7 cm³/mol. The van der Waals surface area contributed by atoms with Crippen LogP contribution in [0.15, 0.2) is 24.3 Å². The average molecular weight is 247 g/mol. The maximum Gasteiger partial charge on any atom is 0.0951 e. The third-order valence-electron chi connectivity index (χ3n) is 3.86. The molecule has 0 aromatic heterocycles. The van der Waals surface area contributed by atoms with E-state index in [0.717, 1.165) is 19.6 Å². The van der Waals surface area contributed by atoms with Gasteiger partial charge in [0.05, 0.1) is 6.10 Å². The molecular formula is C16H25NO. The second-order valence-corrected chi connectivity index (χ2v) is 6.33. The SMILES string of the molecule is Cc1ccccc1C1CNC(C(C)(C)C)CCO1. The molecule has 1 aliphatic heterocycles. The molecule has 1 aromatic rings. The van der Waals surface area contributed by atoms with Crippen LogP contribution in [0.1, 0.15) is 44.4 Å². The number of hydrogen-bond acceptors (Lipinski definition) is 2. The van der Waals surface area contributed by atoms with Gasteiger partial charge in [-0.1, -0.05) is 45.0 Å². The first-order valence-corrected chi connectivity index (χ1v) is 6.89. The molecule has 18 heavy (non-hydrogen) atoms. The Labute approximate surface area is 111 Å². The summed E-state index contributed by atoms with van der Waals surface area (Å²) in [6, 6.07) is 9.05. The fraction of sp³-hybridized carbons (Fsp3) is 0.625. The molecule has 1 aliphatic rings. The van der Waals surface area contributed by atoms with Crippen LogP contribution in [0.2, 0.25) is 0 Å². The molecule has 0 spiro atoms. The van der Waals surface area contributed by atoms with Crippen LogP contribution in [0.25, 0.3) is 0 Å². The van der Waals surface area contributed by atoms with E-state index in [9.17, 15) is 0 Å². The second kappa shape index (κ2) is 5.41. The van der Waals surface area contributed by atoms with Gasteiger partial charge in [-0.05, 0) is 29.9 Å². The van der Waals surface area contributed by atoms with Crippen molar-refractivity contribution in [2.24, 2.45) is 5.41 Å². The number of hydrogen-bond donors (Lipinski definition) is 1. The van der Waals surface area contributed by atoms with Crippen molar-refractivity contribution in [2.75, 3.05) is 13.2 Å². The molecule has 0 saturated carbocycles. The third kappa shape index (κ3) is 3.12. The quantitative estimate of drug-likeness (QED) is 0.820. The highest BCUT2D eigenvalue weighted by atomic mass is 16.5. The minimum Gasteiger partial charge on any atom is -0.372 e. The van der Waals surface area contributed by atoms with Gasteiger partial charge in [-0.25, -0.2) is 0 Å². The van der Waals surface area contributed by atoms with Crippen LogP contribution in [-0.4, -0.2) is 19.2 Å². The summed E-state index contributed by atoms with van der Waals surface area (Å²) in [6.07, 6.45) is 1.28. The van der Waals surface area contributed by atoms with Gasteiger partial charge in [0.1, 0.15) is 0 Å². The first-order chi connectivity index (χ1) is 8.48. The maximum atomic E-state index is 6.03. The molecule has 0 radical (unpaired) electrons. The molecule has 2 heteroatoms. The van der Waals surface area contributed by atoms with Crippen LogP contribution >= 0.6 is 0 Å². The van der Waals surface area contributed by atoms with E-state index in [4.69, 9.17) is 4.74 Å². The molecule has 2 nitrogen and oxygen atoms in total. The molecule has 100 valence electrons. The number of nitrogens with one attached hydrogen (secondary N) is 1. The van der Waals surface area contributed by atoms with Crippen LogP contribution in [0.3, 0.4) is 0 Å². The molecule has 2 unspecified atom stereocenters. The van der Waals surface area contributed by atoms with E-state index in [1.165, 1.54) is 11.1 Å². The van der Waals surface area contributed by atoms with Gasteiger partial charge in [0.2, 0.25) is 0 Å². The highest BCUT2D eigenvalue weighted by Crippen LogP contribution is 2.28. The molecule has 0 amide bonds. The Bertz CT molecular complexity index is 394. The number of aryl methyl sites for hydroxylation is 1. The van der Waals surface area contributed by atoms with Crippen LogP contribution in [0.4, 0.5) is 0 Å². The smallest absolute Gasteiger partial charge is 0.0951 e. The molecule has 1 heterocycles. The lowest BCUT2D eigenvalue weighted by atomic mass is 9.85. The minimum absolute atomic E-state index is 0.193. The molecule has 2 rings (SSSR count). The lowest BCUT2D eigenvalue weighted by molar-refractivity contribution is 0.0649. The molecule has 0 aliphatic carbocycles. The fourth-order valence-electron chi connectivity index (χ4n) is 2.63. The summed E-state index contributed by atoms with van der Waals surface area (Å²) >= 11 is 0.